The molecule has 0 bridgehead atoms. The predicted octanol–water partition coefficient (Wildman–Crippen LogP) is 2.31. The summed E-state index contributed by atoms with van der Waals surface area (Å²) in [5.74, 6) is 0.584. The third kappa shape index (κ3) is 4.32. The van der Waals surface area contributed by atoms with Gasteiger partial charge in [-0.3, -0.25) is 19.5 Å². The Hall–Kier alpha value is -3.56. The molecule has 0 aliphatic carbocycles. The Bertz CT molecular complexity index is 1240. The van der Waals surface area contributed by atoms with E-state index in [1.54, 1.807) is 31.6 Å². The fourth-order valence-corrected chi connectivity index (χ4v) is 4.62. The number of nitrogens with zero attached hydrogens (tertiary/aromatic N) is 5. The summed E-state index contributed by atoms with van der Waals surface area (Å²) in [5.41, 5.74) is 3.20. The zero-order valence-electron chi connectivity index (χ0n) is 19.3. The second kappa shape index (κ2) is 9.36. The van der Waals surface area contributed by atoms with Crippen molar-refractivity contribution < 1.29 is 9.53 Å². The quantitative estimate of drug-likeness (QED) is 0.561. The smallest absolute Gasteiger partial charge is 0.274 e. The van der Waals surface area contributed by atoms with Crippen molar-refractivity contribution in [3.8, 4) is 11.1 Å². The maximum Gasteiger partial charge on any atom is 0.274 e. The molecule has 1 atom stereocenters. The molecule has 0 saturated carbocycles. The van der Waals surface area contributed by atoms with Crippen molar-refractivity contribution in [2.45, 2.75) is 19.0 Å². The van der Waals surface area contributed by atoms with Crippen LogP contribution in [0.2, 0.25) is 0 Å². The Kier molecular flexibility index (Phi) is 6.12. The van der Waals surface area contributed by atoms with E-state index in [1.807, 2.05) is 18.3 Å². The van der Waals surface area contributed by atoms with E-state index < -0.39 is 0 Å². The van der Waals surface area contributed by atoms with Gasteiger partial charge in [0.25, 0.3) is 5.56 Å². The van der Waals surface area contributed by atoms with E-state index in [2.05, 4.69) is 32.0 Å². The van der Waals surface area contributed by atoms with Crippen LogP contribution in [0.5, 0.6) is 0 Å². The Morgan fingerprint density at radius 3 is 2.71 bits per heavy atom. The molecule has 9 nitrogen and oxygen atoms in total. The number of aldehydes is 1. The highest BCUT2D eigenvalue weighted by Crippen LogP contribution is 2.26. The minimum atomic E-state index is -0.180. The molecule has 0 spiro atoms. The van der Waals surface area contributed by atoms with Gasteiger partial charge in [-0.25, -0.2) is 4.98 Å². The second-order valence-corrected chi connectivity index (χ2v) is 8.89. The zero-order valence-corrected chi connectivity index (χ0v) is 19.3. The lowest BCUT2D eigenvalue weighted by molar-refractivity contribution is -0.0691. The van der Waals surface area contributed by atoms with Crippen molar-refractivity contribution in [2.24, 2.45) is 7.05 Å². The van der Waals surface area contributed by atoms with Crippen LogP contribution in [0.3, 0.4) is 0 Å². The van der Waals surface area contributed by atoms with Crippen LogP contribution in [0.25, 0.3) is 11.1 Å². The minimum Gasteiger partial charge on any atom is -0.378 e. The Morgan fingerprint density at radius 1 is 1.18 bits per heavy atom. The van der Waals surface area contributed by atoms with Gasteiger partial charge in [0.15, 0.2) is 6.29 Å². The monoisotopic (exact) mass is 460 g/mol. The van der Waals surface area contributed by atoms with Crippen LogP contribution in [0, 0.1) is 0 Å². The summed E-state index contributed by atoms with van der Waals surface area (Å²) in [4.78, 5) is 37.6. The highest BCUT2D eigenvalue weighted by Gasteiger charge is 2.32. The van der Waals surface area contributed by atoms with Crippen LogP contribution in [-0.4, -0.2) is 70.7 Å². The van der Waals surface area contributed by atoms with Gasteiger partial charge in [0.1, 0.15) is 11.5 Å². The van der Waals surface area contributed by atoms with Crippen molar-refractivity contribution in [1.82, 2.24) is 19.4 Å². The predicted molar refractivity (Wildman–Crippen MR) is 131 cm³/mol. The van der Waals surface area contributed by atoms with Gasteiger partial charge < -0.3 is 19.5 Å². The van der Waals surface area contributed by atoms with E-state index in [4.69, 9.17) is 4.74 Å². The standard InChI is InChI=1S/C25H28N6O3/c1-17-12-30(21-15-34-16-21)7-8-31(17)20-3-4-24(27-11-20)28-23-9-18(13-29(2)25(23)33)22-5-6-26-10-19(22)14-32/h3-6,9-11,13-14,17,21H,7-8,12,15-16H2,1-2H3,(H,27,28)/t17-/m1/s1. The summed E-state index contributed by atoms with van der Waals surface area (Å²) in [6.07, 6.45) is 7.47. The molecule has 0 radical (unpaired) electrons. The molecule has 2 saturated heterocycles. The topological polar surface area (TPSA) is 92.6 Å². The van der Waals surface area contributed by atoms with Gasteiger partial charge in [0.2, 0.25) is 0 Å². The van der Waals surface area contributed by atoms with E-state index in [0.717, 1.165) is 50.4 Å². The molecule has 3 aromatic rings. The summed E-state index contributed by atoms with van der Waals surface area (Å²) >= 11 is 0. The zero-order chi connectivity index (χ0) is 23.7. The van der Waals surface area contributed by atoms with E-state index in [-0.39, 0.29) is 5.56 Å². The molecule has 2 aliphatic rings. The molecule has 9 heteroatoms. The summed E-state index contributed by atoms with van der Waals surface area (Å²) < 4.78 is 6.84. The molecule has 34 heavy (non-hydrogen) atoms. The minimum absolute atomic E-state index is 0.180. The molecule has 0 aromatic carbocycles. The van der Waals surface area contributed by atoms with E-state index in [9.17, 15) is 9.59 Å². The molecular formula is C25H28N6O3. The Labute approximate surface area is 198 Å². The van der Waals surface area contributed by atoms with Crippen LogP contribution in [0.4, 0.5) is 17.2 Å². The van der Waals surface area contributed by atoms with Gasteiger partial charge in [0.05, 0.1) is 31.1 Å². The second-order valence-electron chi connectivity index (χ2n) is 8.89. The van der Waals surface area contributed by atoms with Crippen LogP contribution in [0.1, 0.15) is 17.3 Å². The normalized spacial score (nSPS) is 19.0. The van der Waals surface area contributed by atoms with Crippen molar-refractivity contribution in [2.75, 3.05) is 43.1 Å². The first-order chi connectivity index (χ1) is 16.5. The van der Waals surface area contributed by atoms with E-state index >= 15 is 0 Å². The van der Waals surface area contributed by atoms with Crippen molar-refractivity contribution in [3.63, 3.8) is 0 Å². The number of hydrogen-bond donors (Lipinski definition) is 1. The van der Waals surface area contributed by atoms with Crippen LogP contribution in [0.15, 0.2) is 53.8 Å². The van der Waals surface area contributed by atoms with E-state index in [0.29, 0.717) is 34.7 Å². The number of aryl methyl sites for hydroxylation is 1. The van der Waals surface area contributed by atoms with Gasteiger partial charge >= 0.3 is 0 Å². The van der Waals surface area contributed by atoms with Gasteiger partial charge in [-0.1, -0.05) is 0 Å². The number of carbonyl (C=O) groups excluding carboxylic acids is 1. The molecule has 0 unspecified atom stereocenters. The Balaban J connectivity index is 1.33. The van der Waals surface area contributed by atoms with Gasteiger partial charge in [-0.05, 0) is 36.8 Å². The number of pyridine rings is 3. The molecule has 2 aliphatic heterocycles. The number of anilines is 3. The molecule has 2 fully saturated rings. The summed E-state index contributed by atoms with van der Waals surface area (Å²) in [5, 5.41) is 3.15. The lowest BCUT2D eigenvalue weighted by Gasteiger charge is -2.46. The summed E-state index contributed by atoms with van der Waals surface area (Å²) in [6.45, 7) is 6.88. The fourth-order valence-electron chi connectivity index (χ4n) is 4.62. The highest BCUT2D eigenvalue weighted by atomic mass is 16.5. The van der Waals surface area contributed by atoms with Gasteiger partial charge in [-0.2, -0.15) is 0 Å². The molecule has 5 heterocycles. The first-order valence-electron chi connectivity index (χ1n) is 11.4. The lowest BCUT2D eigenvalue weighted by atomic mass is 10.0. The summed E-state index contributed by atoms with van der Waals surface area (Å²) in [6, 6.07) is 8.37. The molecule has 3 aromatic heterocycles. The number of nitrogens with one attached hydrogen (secondary N) is 1. The number of aromatic nitrogens is 3. The number of ether oxygens (including phenoxy) is 1. The average Bonchev–Trinajstić information content (AvgIpc) is 2.81. The largest absolute Gasteiger partial charge is 0.378 e. The number of carbonyl (C=O) groups is 1. The molecule has 0 amide bonds. The molecule has 176 valence electrons. The van der Waals surface area contributed by atoms with Gasteiger partial charge in [-0.15, -0.1) is 0 Å². The third-order valence-corrected chi connectivity index (χ3v) is 6.61. The Morgan fingerprint density at radius 2 is 2.03 bits per heavy atom. The SMILES string of the molecule is C[C@@H]1CN(C2COC2)CCN1c1ccc(Nc2cc(-c3ccncc3C=O)cn(C)c2=O)nc1. The number of hydrogen-bond acceptors (Lipinski definition) is 8. The number of piperazine rings is 1. The van der Waals surface area contributed by atoms with Crippen molar-refractivity contribution in [1.29, 1.82) is 0 Å². The fraction of sp³-hybridized carbons (Fsp3) is 0.360. The number of rotatable bonds is 6. The van der Waals surface area contributed by atoms with Crippen LogP contribution in [-0.2, 0) is 11.8 Å². The molecule has 1 N–H and O–H groups in total. The first-order valence-corrected chi connectivity index (χ1v) is 11.4. The maximum atomic E-state index is 12.8. The van der Waals surface area contributed by atoms with Crippen molar-refractivity contribution >= 4 is 23.5 Å². The van der Waals surface area contributed by atoms with Gasteiger partial charge in [0, 0.05) is 62.4 Å². The summed E-state index contributed by atoms with van der Waals surface area (Å²) in [7, 11) is 1.69. The average molecular weight is 461 g/mol. The van der Waals surface area contributed by atoms with E-state index in [1.165, 1.54) is 10.8 Å². The lowest BCUT2D eigenvalue weighted by Crippen LogP contribution is -2.59. The van der Waals surface area contributed by atoms with Crippen molar-refractivity contribution in [3.05, 3.63) is 65.0 Å². The third-order valence-electron chi connectivity index (χ3n) is 6.61. The molecular weight excluding hydrogens is 432 g/mol. The first kappa shape index (κ1) is 22.2. The molecule has 5 rings (SSSR count). The highest BCUT2D eigenvalue weighted by molar-refractivity contribution is 5.87. The maximum absolute atomic E-state index is 12.8. The van der Waals surface area contributed by atoms with Crippen LogP contribution >= 0.6 is 0 Å². The van der Waals surface area contributed by atoms with Crippen LogP contribution < -0.4 is 15.8 Å².